The standard InChI is InChI=1S/C11H16N2O6/c1-7(15)11(16)19-8-2-3-9(12-4-5-14)10(6-8)13(17)18/h2-3,6-7,11-12,14-16H,4-5H2,1H3. The van der Waals surface area contributed by atoms with Crippen molar-refractivity contribution in [2.75, 3.05) is 18.5 Å². The van der Waals surface area contributed by atoms with Crippen LogP contribution < -0.4 is 10.1 Å². The number of rotatable bonds is 7. The van der Waals surface area contributed by atoms with Crippen LogP contribution in [0.15, 0.2) is 18.2 Å². The molecule has 8 heteroatoms. The molecular formula is C11H16N2O6. The molecule has 4 N–H and O–H groups in total. The molecule has 8 nitrogen and oxygen atoms in total. The maximum atomic E-state index is 10.9. The minimum absolute atomic E-state index is 0.0645. The number of anilines is 1. The van der Waals surface area contributed by atoms with E-state index in [2.05, 4.69) is 5.32 Å². The highest BCUT2D eigenvalue weighted by Crippen LogP contribution is 2.29. The fourth-order valence-corrected chi connectivity index (χ4v) is 1.31. The Morgan fingerprint density at radius 3 is 2.68 bits per heavy atom. The molecule has 0 spiro atoms. The lowest BCUT2D eigenvalue weighted by molar-refractivity contribution is -0.384. The summed E-state index contributed by atoms with van der Waals surface area (Å²) in [6, 6.07) is 3.95. The summed E-state index contributed by atoms with van der Waals surface area (Å²) in [4.78, 5) is 10.3. The van der Waals surface area contributed by atoms with Gasteiger partial charge in [-0.25, -0.2) is 0 Å². The van der Waals surface area contributed by atoms with E-state index in [-0.39, 0.29) is 30.3 Å². The van der Waals surface area contributed by atoms with Crippen LogP contribution in [0.4, 0.5) is 11.4 Å². The molecule has 0 saturated heterocycles. The van der Waals surface area contributed by atoms with Crippen LogP contribution in [0.2, 0.25) is 0 Å². The first-order valence-electron chi connectivity index (χ1n) is 5.61. The van der Waals surface area contributed by atoms with E-state index in [4.69, 9.17) is 14.9 Å². The Labute approximate surface area is 109 Å². The molecule has 1 rings (SSSR count). The largest absolute Gasteiger partial charge is 0.462 e. The second-order valence-electron chi connectivity index (χ2n) is 3.84. The van der Waals surface area contributed by atoms with Crippen molar-refractivity contribution in [3.8, 4) is 5.75 Å². The molecule has 2 atom stereocenters. The van der Waals surface area contributed by atoms with Crippen molar-refractivity contribution in [3.63, 3.8) is 0 Å². The Kier molecular flexibility index (Phi) is 5.49. The Morgan fingerprint density at radius 1 is 1.47 bits per heavy atom. The molecule has 0 aliphatic carbocycles. The molecule has 0 fully saturated rings. The molecule has 0 aromatic heterocycles. The van der Waals surface area contributed by atoms with E-state index < -0.39 is 17.3 Å². The van der Waals surface area contributed by atoms with E-state index in [0.29, 0.717) is 0 Å². The molecule has 0 saturated carbocycles. The van der Waals surface area contributed by atoms with E-state index >= 15 is 0 Å². The van der Waals surface area contributed by atoms with Crippen LogP contribution in [0.3, 0.4) is 0 Å². The van der Waals surface area contributed by atoms with Gasteiger partial charge in [-0.3, -0.25) is 10.1 Å². The van der Waals surface area contributed by atoms with E-state index in [0.717, 1.165) is 6.07 Å². The first kappa shape index (κ1) is 15.2. The van der Waals surface area contributed by atoms with Gasteiger partial charge in [0.2, 0.25) is 6.29 Å². The number of hydrogen-bond acceptors (Lipinski definition) is 7. The van der Waals surface area contributed by atoms with Gasteiger partial charge in [-0.15, -0.1) is 0 Å². The first-order chi connectivity index (χ1) is 8.95. The van der Waals surface area contributed by atoms with Crippen molar-refractivity contribution in [2.24, 2.45) is 0 Å². The highest BCUT2D eigenvalue weighted by atomic mass is 16.6. The zero-order valence-electron chi connectivity index (χ0n) is 10.3. The molecular weight excluding hydrogens is 256 g/mol. The Morgan fingerprint density at radius 2 is 2.16 bits per heavy atom. The molecule has 106 valence electrons. The third-order valence-electron chi connectivity index (χ3n) is 2.26. The molecule has 0 heterocycles. The molecule has 0 bridgehead atoms. The summed E-state index contributed by atoms with van der Waals surface area (Å²) < 4.78 is 4.95. The number of hydrogen-bond donors (Lipinski definition) is 4. The number of aliphatic hydroxyl groups excluding tert-OH is 3. The van der Waals surface area contributed by atoms with Crippen molar-refractivity contribution in [1.82, 2.24) is 0 Å². The van der Waals surface area contributed by atoms with E-state index in [1.54, 1.807) is 0 Å². The minimum Gasteiger partial charge on any atom is -0.462 e. The second kappa shape index (κ2) is 6.88. The average Bonchev–Trinajstić information content (AvgIpc) is 2.36. The number of nitrogens with one attached hydrogen (secondary N) is 1. The van der Waals surface area contributed by atoms with Crippen molar-refractivity contribution in [1.29, 1.82) is 0 Å². The average molecular weight is 272 g/mol. The summed E-state index contributed by atoms with van der Waals surface area (Å²) in [7, 11) is 0. The Bertz CT molecular complexity index is 437. The highest BCUT2D eigenvalue weighted by molar-refractivity contribution is 5.63. The molecule has 0 aliphatic rings. The zero-order chi connectivity index (χ0) is 14.4. The summed E-state index contributed by atoms with van der Waals surface area (Å²) in [5.74, 6) is 0.0645. The van der Waals surface area contributed by atoms with E-state index in [1.807, 2.05) is 0 Å². The van der Waals surface area contributed by atoms with E-state index in [1.165, 1.54) is 19.1 Å². The van der Waals surface area contributed by atoms with Crippen molar-refractivity contribution in [3.05, 3.63) is 28.3 Å². The smallest absolute Gasteiger partial charge is 0.296 e. The van der Waals surface area contributed by atoms with Crippen LogP contribution in [0.5, 0.6) is 5.75 Å². The van der Waals surface area contributed by atoms with Gasteiger partial charge in [0.05, 0.1) is 17.6 Å². The van der Waals surface area contributed by atoms with Crippen molar-refractivity contribution in [2.45, 2.75) is 19.3 Å². The molecule has 19 heavy (non-hydrogen) atoms. The van der Waals surface area contributed by atoms with Gasteiger partial charge < -0.3 is 25.4 Å². The van der Waals surface area contributed by atoms with Gasteiger partial charge in [0.1, 0.15) is 17.5 Å². The second-order valence-corrected chi connectivity index (χ2v) is 3.84. The van der Waals surface area contributed by atoms with Crippen molar-refractivity contribution >= 4 is 11.4 Å². The molecule has 0 aliphatic heterocycles. The van der Waals surface area contributed by atoms with E-state index in [9.17, 15) is 15.2 Å². The van der Waals surface area contributed by atoms with Crippen LogP contribution in [-0.2, 0) is 0 Å². The summed E-state index contributed by atoms with van der Waals surface area (Å²) in [5, 5.41) is 40.7. The SMILES string of the molecule is CC(O)C(O)Oc1ccc(NCCO)c([N+](=O)[O-])c1. The van der Waals surface area contributed by atoms with Gasteiger partial charge in [-0.1, -0.05) is 0 Å². The van der Waals surface area contributed by atoms with Gasteiger partial charge in [-0.2, -0.15) is 0 Å². The predicted octanol–water partition coefficient (Wildman–Crippen LogP) is 0.0770. The lowest BCUT2D eigenvalue weighted by atomic mass is 10.2. The quantitative estimate of drug-likeness (QED) is 0.314. The van der Waals surface area contributed by atoms with Crippen molar-refractivity contribution < 1.29 is 25.0 Å². The summed E-state index contributed by atoms with van der Waals surface area (Å²) in [6.07, 6.45) is -2.58. The molecule has 1 aromatic carbocycles. The van der Waals surface area contributed by atoms with Gasteiger partial charge in [-0.05, 0) is 19.1 Å². The first-order valence-corrected chi connectivity index (χ1v) is 5.61. The fourth-order valence-electron chi connectivity index (χ4n) is 1.31. The summed E-state index contributed by atoms with van der Waals surface area (Å²) in [5.41, 5.74) is -0.0123. The number of nitrogens with zero attached hydrogens (tertiary/aromatic N) is 1. The normalized spacial score (nSPS) is 13.7. The lowest BCUT2D eigenvalue weighted by Gasteiger charge is -2.16. The fraction of sp³-hybridized carbons (Fsp3) is 0.455. The zero-order valence-corrected chi connectivity index (χ0v) is 10.3. The van der Waals surface area contributed by atoms with Gasteiger partial charge in [0.15, 0.2) is 0 Å². The number of benzene rings is 1. The molecule has 0 amide bonds. The van der Waals surface area contributed by atoms with Crippen LogP contribution in [0.1, 0.15) is 6.92 Å². The maximum Gasteiger partial charge on any atom is 0.296 e. The van der Waals surface area contributed by atoms with Gasteiger partial charge in [0.25, 0.3) is 5.69 Å². The Hall–Kier alpha value is -1.90. The maximum absolute atomic E-state index is 10.9. The lowest BCUT2D eigenvalue weighted by Crippen LogP contribution is -2.28. The third-order valence-corrected chi connectivity index (χ3v) is 2.26. The van der Waals surface area contributed by atoms with Gasteiger partial charge >= 0.3 is 0 Å². The predicted molar refractivity (Wildman–Crippen MR) is 67.0 cm³/mol. The van der Waals surface area contributed by atoms with Crippen LogP contribution in [0, 0.1) is 10.1 Å². The van der Waals surface area contributed by atoms with Crippen LogP contribution >= 0.6 is 0 Å². The summed E-state index contributed by atoms with van der Waals surface area (Å²) >= 11 is 0. The molecule has 0 radical (unpaired) electrons. The monoisotopic (exact) mass is 272 g/mol. The third kappa shape index (κ3) is 4.36. The highest BCUT2D eigenvalue weighted by Gasteiger charge is 2.18. The number of nitro groups is 1. The van der Waals surface area contributed by atoms with Gasteiger partial charge in [0, 0.05) is 6.54 Å². The van der Waals surface area contributed by atoms with Crippen LogP contribution in [0.25, 0.3) is 0 Å². The number of aliphatic hydroxyl groups is 3. The topological polar surface area (TPSA) is 125 Å². The molecule has 1 aromatic rings. The summed E-state index contributed by atoms with van der Waals surface area (Å²) in [6.45, 7) is 1.35. The number of nitro benzene ring substituents is 1. The number of ether oxygens (including phenoxy) is 1. The molecule has 2 unspecified atom stereocenters. The minimum atomic E-state index is -1.46. The Balaban J connectivity index is 2.92. The van der Waals surface area contributed by atoms with Crippen LogP contribution in [-0.4, -0.2) is 45.8 Å².